The fourth-order valence-electron chi connectivity index (χ4n) is 8.36. The third-order valence-electron chi connectivity index (χ3n) is 12.0. The van der Waals surface area contributed by atoms with E-state index in [1.807, 2.05) is 0 Å². The van der Waals surface area contributed by atoms with Gasteiger partial charge in [-0.25, -0.2) is 0 Å². The van der Waals surface area contributed by atoms with Crippen molar-refractivity contribution >= 4 is 48.4 Å². The molecule has 0 heterocycles. The number of hydrogen-bond acceptors (Lipinski definition) is 0. The average molecular weight is 1110 g/mol. The molecular weight excluding hydrogens is 1030 g/mol. The van der Waals surface area contributed by atoms with Gasteiger partial charge in [0, 0.05) is 33.4 Å². The minimum Gasteiger partial charge on any atom is -0.127 e. The van der Waals surface area contributed by atoms with Gasteiger partial charge >= 0.3 is 0 Å². The summed E-state index contributed by atoms with van der Waals surface area (Å²) in [6, 6.07) is 54.1. The smallest absolute Gasteiger partial charge is 0.127 e. The average Bonchev–Trinajstić information content (AvgIpc) is 3.37. The Hall–Kier alpha value is -6.80. The molecule has 390 valence electrons. The lowest BCUT2D eigenvalue weighted by Gasteiger charge is -2.29. The fraction of sp³-hybridized carbons (Fsp3) is 0.250. The highest BCUT2D eigenvalue weighted by Crippen LogP contribution is 2.56. The first kappa shape index (κ1) is 58.9. The normalized spacial score (nSPS) is 11.6. The van der Waals surface area contributed by atoms with Crippen LogP contribution in [-0.2, 0) is 0 Å². The Morgan fingerprint density at radius 1 is 0.167 bits per heavy atom. The second-order valence-corrected chi connectivity index (χ2v) is 55.2. The van der Waals surface area contributed by atoms with E-state index in [0.717, 1.165) is 100 Å². The van der Waals surface area contributed by atoms with Crippen molar-refractivity contribution in [3.05, 3.63) is 179 Å². The van der Waals surface area contributed by atoms with Gasteiger partial charge in [-0.2, -0.15) is 0 Å². The summed E-state index contributed by atoms with van der Waals surface area (Å²) in [6.07, 6.45) is 0. The summed E-state index contributed by atoms with van der Waals surface area (Å²) in [7, 11) is -9.87. The van der Waals surface area contributed by atoms with Crippen molar-refractivity contribution in [3.8, 4) is 136 Å². The molecule has 0 aliphatic rings. The van der Waals surface area contributed by atoms with E-state index in [2.05, 4.69) is 332 Å². The summed E-state index contributed by atoms with van der Waals surface area (Å²) in [5.74, 6) is 21.3. The topological polar surface area (TPSA) is 0 Å². The van der Waals surface area contributed by atoms with Gasteiger partial charge in [-0.05, 0) is 140 Å². The van der Waals surface area contributed by atoms with Crippen LogP contribution in [0.1, 0.15) is 33.4 Å². The third-order valence-corrected chi connectivity index (χ3v) is 17.3. The molecule has 0 nitrogen and oxygen atoms in total. The molecule has 7 aromatic rings. The SMILES string of the molecule is C[Si](C)(C)C#Cc1ccc(-c2c(-c3ccc(C#C[Si](C)(C)C)cc3)c(-c3ccc(C#C[Si](C)(C)C)cc3)c(-c3ccc(C#C[Si](C)(C)C)cc3)c(-c3ccc(C#C[Si](C)(C)C)cc3)c2-c2ccc(C#C[Si](C)(C)C)cc2)cc1. The molecule has 0 bridgehead atoms. The maximum atomic E-state index is 3.62. The molecule has 0 atom stereocenters. The molecule has 0 saturated carbocycles. The van der Waals surface area contributed by atoms with Gasteiger partial charge in [0.1, 0.15) is 48.4 Å². The lowest BCUT2D eigenvalue weighted by atomic mass is 9.74. The van der Waals surface area contributed by atoms with Gasteiger partial charge in [0.2, 0.25) is 0 Å². The lowest BCUT2D eigenvalue weighted by molar-refractivity contribution is 1.50. The van der Waals surface area contributed by atoms with Crippen LogP contribution in [0.5, 0.6) is 0 Å². The van der Waals surface area contributed by atoms with Crippen LogP contribution in [0.25, 0.3) is 66.8 Å². The highest BCUT2D eigenvalue weighted by Gasteiger charge is 2.30. The molecule has 0 saturated heterocycles. The van der Waals surface area contributed by atoms with Crippen LogP contribution < -0.4 is 0 Å². The highest BCUT2D eigenvalue weighted by atomic mass is 28.3. The Labute approximate surface area is 477 Å². The van der Waals surface area contributed by atoms with Gasteiger partial charge in [-0.1, -0.05) is 226 Å². The Kier molecular flexibility index (Phi) is 17.9. The number of hydrogen-bond donors (Lipinski definition) is 0. The minimum absolute atomic E-state index is 1.01. The van der Waals surface area contributed by atoms with E-state index in [0.29, 0.717) is 0 Å². The van der Waals surface area contributed by atoms with E-state index >= 15 is 0 Å². The molecule has 0 unspecified atom stereocenters. The molecule has 78 heavy (non-hydrogen) atoms. The Morgan fingerprint density at radius 2 is 0.269 bits per heavy atom. The minimum atomic E-state index is -1.64. The summed E-state index contributed by atoms with van der Waals surface area (Å²) in [5, 5.41) is 0. The monoisotopic (exact) mass is 1110 g/mol. The van der Waals surface area contributed by atoms with Crippen molar-refractivity contribution in [2.24, 2.45) is 0 Å². The molecule has 0 aliphatic heterocycles. The first-order chi connectivity index (χ1) is 36.4. The first-order valence-electron chi connectivity index (χ1n) is 27.4. The molecule has 7 aromatic carbocycles. The van der Waals surface area contributed by atoms with Gasteiger partial charge in [0.05, 0.1) is 0 Å². The van der Waals surface area contributed by atoms with Crippen molar-refractivity contribution in [1.82, 2.24) is 0 Å². The van der Waals surface area contributed by atoms with E-state index < -0.39 is 48.4 Å². The zero-order valence-electron chi connectivity index (χ0n) is 49.9. The molecule has 0 radical (unpaired) electrons. The van der Waals surface area contributed by atoms with Gasteiger partial charge < -0.3 is 0 Å². The van der Waals surface area contributed by atoms with Crippen LogP contribution in [0.2, 0.25) is 118 Å². The van der Waals surface area contributed by atoms with Crippen LogP contribution in [0.4, 0.5) is 0 Å². The summed E-state index contributed by atoms with van der Waals surface area (Å²) in [5.41, 5.74) is 41.2. The molecule has 0 amide bonds. The third kappa shape index (κ3) is 17.1. The second-order valence-electron chi connectivity index (χ2n) is 26.7. The molecule has 6 heteroatoms. The van der Waals surface area contributed by atoms with Crippen molar-refractivity contribution in [3.63, 3.8) is 0 Å². The van der Waals surface area contributed by atoms with Gasteiger partial charge in [-0.3, -0.25) is 0 Å². The van der Waals surface area contributed by atoms with Crippen LogP contribution in [0.15, 0.2) is 146 Å². The quantitative estimate of drug-likeness (QED) is 0.115. The molecule has 0 N–H and O–H groups in total. The Balaban J connectivity index is 1.76. The zero-order valence-corrected chi connectivity index (χ0v) is 55.9. The lowest BCUT2D eigenvalue weighted by Crippen LogP contribution is -2.16. The summed E-state index contributed by atoms with van der Waals surface area (Å²) in [4.78, 5) is 0. The maximum Gasteiger partial charge on any atom is 0.129 e. The van der Waals surface area contributed by atoms with Gasteiger partial charge in [0.25, 0.3) is 0 Å². The van der Waals surface area contributed by atoms with Crippen LogP contribution in [0.3, 0.4) is 0 Å². The van der Waals surface area contributed by atoms with Crippen LogP contribution in [-0.4, -0.2) is 48.4 Å². The summed E-state index contributed by atoms with van der Waals surface area (Å²) in [6.45, 7) is 41.4. The standard InChI is InChI=1S/C72H78Si6/c1-73(2,3)49-43-55-19-31-61(32-20-55)67-68(62-33-21-56(22-34-62)44-50-74(4,5)6)70(64-37-25-58(26-38-64)46-52-76(10,11)12)72(66-41-29-60(30-42-66)48-54-78(16,17)18)71(65-39-27-59(28-40-65)47-53-77(13,14)15)69(67)63-35-23-57(24-36-63)45-51-75(7,8)9/h19-42H,1-18H3. The van der Waals surface area contributed by atoms with Crippen molar-refractivity contribution in [1.29, 1.82) is 0 Å². The van der Waals surface area contributed by atoms with Crippen LogP contribution >= 0.6 is 0 Å². The van der Waals surface area contributed by atoms with E-state index in [1.54, 1.807) is 0 Å². The predicted molar refractivity (Wildman–Crippen MR) is 360 cm³/mol. The van der Waals surface area contributed by atoms with E-state index in [1.165, 1.54) is 0 Å². The summed E-state index contributed by atoms with van der Waals surface area (Å²) >= 11 is 0. The zero-order chi connectivity index (χ0) is 56.8. The largest absolute Gasteiger partial charge is 0.129 e. The molecule has 0 spiro atoms. The predicted octanol–water partition coefficient (Wildman–Crippen LogP) is 19.1. The van der Waals surface area contributed by atoms with E-state index in [9.17, 15) is 0 Å². The molecule has 7 rings (SSSR count). The Morgan fingerprint density at radius 3 is 0.359 bits per heavy atom. The summed E-state index contributed by atoms with van der Waals surface area (Å²) < 4.78 is 0. The molecule has 0 fully saturated rings. The maximum absolute atomic E-state index is 3.62. The fourth-order valence-corrected chi connectivity index (χ4v) is 11.5. The van der Waals surface area contributed by atoms with Crippen molar-refractivity contribution in [2.45, 2.75) is 118 Å². The highest BCUT2D eigenvalue weighted by molar-refractivity contribution is 6.85. The number of rotatable bonds is 6. The van der Waals surface area contributed by atoms with E-state index in [4.69, 9.17) is 0 Å². The van der Waals surface area contributed by atoms with Crippen LogP contribution in [0, 0.1) is 68.8 Å². The van der Waals surface area contributed by atoms with Crippen molar-refractivity contribution < 1.29 is 0 Å². The molecular formula is C72H78Si6. The molecule has 0 aliphatic carbocycles. The van der Waals surface area contributed by atoms with Gasteiger partial charge in [-0.15, -0.1) is 33.3 Å². The first-order valence-corrected chi connectivity index (χ1v) is 48.4. The van der Waals surface area contributed by atoms with E-state index in [-0.39, 0.29) is 0 Å². The number of benzene rings is 7. The van der Waals surface area contributed by atoms with Crippen molar-refractivity contribution in [2.75, 3.05) is 0 Å². The Bertz CT molecular complexity index is 3050. The van der Waals surface area contributed by atoms with Gasteiger partial charge in [0.15, 0.2) is 0 Å². The second kappa shape index (κ2) is 23.7. The molecule has 0 aromatic heterocycles.